The first kappa shape index (κ1) is 18.2. The highest BCUT2D eigenvalue weighted by Gasteiger charge is 2.21. The summed E-state index contributed by atoms with van der Waals surface area (Å²) < 4.78 is 7.41. The lowest BCUT2D eigenvalue weighted by Gasteiger charge is -2.08. The normalized spacial score (nSPS) is 11.3. The van der Waals surface area contributed by atoms with Crippen LogP contribution in [0.5, 0.6) is 0 Å². The number of ether oxygens (including phenoxy) is 1. The number of fused-ring (bicyclic) bond motifs is 3. The Kier molecular flexibility index (Phi) is 4.36. The Hall–Kier alpha value is -3.86. The summed E-state index contributed by atoms with van der Waals surface area (Å²) in [6.07, 6.45) is 3.92. The van der Waals surface area contributed by atoms with E-state index in [4.69, 9.17) is 9.72 Å². The SMILES string of the molecule is CCOC(=O)c1[nH]cc(C)c1-c1cc2c(-c3ccccc3)nc3ccccc3n2c1. The first-order chi connectivity index (χ1) is 14.7. The summed E-state index contributed by atoms with van der Waals surface area (Å²) >= 11 is 0. The lowest BCUT2D eigenvalue weighted by molar-refractivity contribution is 0.0521. The summed E-state index contributed by atoms with van der Waals surface area (Å²) in [7, 11) is 0. The van der Waals surface area contributed by atoms with E-state index in [-0.39, 0.29) is 5.97 Å². The van der Waals surface area contributed by atoms with Gasteiger partial charge in [0, 0.05) is 29.1 Å². The van der Waals surface area contributed by atoms with Crippen LogP contribution in [0.2, 0.25) is 0 Å². The van der Waals surface area contributed by atoms with E-state index in [9.17, 15) is 4.79 Å². The average Bonchev–Trinajstić information content (AvgIpc) is 3.37. The molecular weight excluding hydrogens is 374 g/mol. The van der Waals surface area contributed by atoms with Gasteiger partial charge in [-0.1, -0.05) is 42.5 Å². The number of nitrogens with zero attached hydrogens (tertiary/aromatic N) is 2. The molecule has 5 heteroatoms. The van der Waals surface area contributed by atoms with E-state index in [1.165, 1.54) is 0 Å². The minimum Gasteiger partial charge on any atom is -0.461 e. The van der Waals surface area contributed by atoms with Crippen molar-refractivity contribution in [2.45, 2.75) is 13.8 Å². The molecule has 3 aromatic heterocycles. The van der Waals surface area contributed by atoms with Crippen LogP contribution in [-0.2, 0) is 4.74 Å². The molecule has 0 saturated heterocycles. The summed E-state index contributed by atoms with van der Waals surface area (Å²) in [6.45, 7) is 4.14. The number of hydrogen-bond acceptors (Lipinski definition) is 3. The van der Waals surface area contributed by atoms with Gasteiger partial charge in [-0.15, -0.1) is 0 Å². The number of para-hydroxylation sites is 2. The summed E-state index contributed by atoms with van der Waals surface area (Å²) in [5.41, 5.74) is 8.17. The summed E-state index contributed by atoms with van der Waals surface area (Å²) in [4.78, 5) is 20.5. The molecule has 0 radical (unpaired) electrons. The highest BCUT2D eigenvalue weighted by atomic mass is 16.5. The number of rotatable bonds is 4. The lowest BCUT2D eigenvalue weighted by Crippen LogP contribution is -2.06. The number of aromatic nitrogens is 3. The van der Waals surface area contributed by atoms with E-state index in [1.807, 2.05) is 56.4 Å². The molecule has 3 heterocycles. The molecule has 0 aliphatic carbocycles. The Balaban J connectivity index is 1.81. The van der Waals surface area contributed by atoms with E-state index >= 15 is 0 Å². The van der Waals surface area contributed by atoms with E-state index in [0.717, 1.165) is 44.5 Å². The Bertz CT molecular complexity index is 1380. The summed E-state index contributed by atoms with van der Waals surface area (Å²) in [5.74, 6) is -0.345. The monoisotopic (exact) mass is 395 g/mol. The van der Waals surface area contributed by atoms with Crippen LogP contribution in [0, 0.1) is 6.92 Å². The average molecular weight is 395 g/mol. The molecule has 0 bridgehead atoms. The lowest BCUT2D eigenvalue weighted by atomic mass is 10.0. The molecule has 0 amide bonds. The predicted molar refractivity (Wildman–Crippen MR) is 119 cm³/mol. The number of carbonyl (C=O) groups is 1. The van der Waals surface area contributed by atoms with Crippen LogP contribution in [0.1, 0.15) is 23.0 Å². The number of esters is 1. The van der Waals surface area contributed by atoms with Crippen LogP contribution < -0.4 is 0 Å². The van der Waals surface area contributed by atoms with Gasteiger partial charge in [-0.3, -0.25) is 0 Å². The van der Waals surface area contributed by atoms with E-state index in [1.54, 1.807) is 0 Å². The zero-order valence-corrected chi connectivity index (χ0v) is 16.8. The second-order valence-corrected chi connectivity index (χ2v) is 7.24. The number of H-pyrrole nitrogens is 1. The molecule has 0 aliphatic heterocycles. The van der Waals surface area contributed by atoms with Crippen molar-refractivity contribution in [2.24, 2.45) is 0 Å². The summed E-state index contributed by atoms with van der Waals surface area (Å²) in [6, 6.07) is 20.3. The zero-order valence-electron chi connectivity index (χ0n) is 16.8. The zero-order chi connectivity index (χ0) is 20.7. The molecule has 2 aromatic carbocycles. The van der Waals surface area contributed by atoms with Gasteiger partial charge < -0.3 is 14.1 Å². The third-order valence-corrected chi connectivity index (χ3v) is 5.33. The number of aromatic amines is 1. The molecule has 0 spiro atoms. The van der Waals surface area contributed by atoms with Gasteiger partial charge in [0.15, 0.2) is 0 Å². The van der Waals surface area contributed by atoms with Gasteiger partial charge in [-0.05, 0) is 37.6 Å². The van der Waals surface area contributed by atoms with Crippen molar-refractivity contribution in [3.8, 4) is 22.4 Å². The van der Waals surface area contributed by atoms with Crippen molar-refractivity contribution in [1.29, 1.82) is 0 Å². The maximum absolute atomic E-state index is 12.5. The minimum absolute atomic E-state index is 0.334. The van der Waals surface area contributed by atoms with Crippen LogP contribution >= 0.6 is 0 Å². The fourth-order valence-corrected chi connectivity index (χ4v) is 3.99. The molecule has 0 unspecified atom stereocenters. The molecule has 148 valence electrons. The van der Waals surface area contributed by atoms with E-state index in [0.29, 0.717) is 12.3 Å². The van der Waals surface area contributed by atoms with Gasteiger partial charge in [-0.2, -0.15) is 0 Å². The number of aryl methyl sites for hydroxylation is 1. The molecule has 5 rings (SSSR count). The molecule has 0 aliphatic rings. The molecule has 30 heavy (non-hydrogen) atoms. The fourth-order valence-electron chi connectivity index (χ4n) is 3.99. The van der Waals surface area contributed by atoms with Crippen LogP contribution in [-0.4, -0.2) is 26.9 Å². The standard InChI is InChI=1S/C25H21N3O2/c1-3-30-25(29)24-22(16(2)14-26-24)18-13-21-23(17-9-5-4-6-10-17)27-19-11-7-8-12-20(19)28(21)15-18/h4-15,26H,3H2,1-2H3. The predicted octanol–water partition coefficient (Wildman–Crippen LogP) is 5.63. The first-order valence-electron chi connectivity index (χ1n) is 9.99. The van der Waals surface area contributed by atoms with Crippen LogP contribution in [0.3, 0.4) is 0 Å². The molecule has 0 atom stereocenters. The van der Waals surface area contributed by atoms with Gasteiger partial charge in [0.1, 0.15) is 5.69 Å². The van der Waals surface area contributed by atoms with E-state index < -0.39 is 0 Å². The van der Waals surface area contributed by atoms with Crippen LogP contribution in [0.4, 0.5) is 0 Å². The van der Waals surface area contributed by atoms with Gasteiger partial charge >= 0.3 is 5.97 Å². The van der Waals surface area contributed by atoms with Crippen molar-refractivity contribution in [3.05, 3.63) is 84.3 Å². The third kappa shape index (κ3) is 2.87. The molecule has 5 aromatic rings. The smallest absolute Gasteiger partial charge is 0.355 e. The highest BCUT2D eigenvalue weighted by Crippen LogP contribution is 2.34. The Morgan fingerprint density at radius 1 is 1.03 bits per heavy atom. The van der Waals surface area contributed by atoms with Crippen LogP contribution in [0.25, 0.3) is 38.9 Å². The maximum Gasteiger partial charge on any atom is 0.355 e. The molecule has 5 nitrogen and oxygen atoms in total. The Morgan fingerprint density at radius 2 is 1.80 bits per heavy atom. The Labute approximate surface area is 174 Å². The van der Waals surface area contributed by atoms with Gasteiger partial charge in [0.25, 0.3) is 0 Å². The quantitative estimate of drug-likeness (QED) is 0.401. The number of benzene rings is 2. The number of hydrogen-bond donors (Lipinski definition) is 1. The van der Waals surface area contributed by atoms with Gasteiger partial charge in [0.2, 0.25) is 0 Å². The molecule has 0 saturated carbocycles. The third-order valence-electron chi connectivity index (χ3n) is 5.33. The highest BCUT2D eigenvalue weighted by molar-refractivity contribution is 5.98. The number of carbonyl (C=O) groups excluding carboxylic acids is 1. The topological polar surface area (TPSA) is 59.4 Å². The van der Waals surface area contributed by atoms with E-state index in [2.05, 4.69) is 39.8 Å². The minimum atomic E-state index is -0.345. The molecular formula is C25H21N3O2. The van der Waals surface area contributed by atoms with Gasteiger partial charge in [0.05, 0.1) is 28.9 Å². The molecule has 0 fully saturated rings. The van der Waals surface area contributed by atoms with Crippen molar-refractivity contribution < 1.29 is 9.53 Å². The largest absolute Gasteiger partial charge is 0.461 e. The maximum atomic E-state index is 12.5. The first-order valence-corrected chi connectivity index (χ1v) is 9.99. The second kappa shape index (κ2) is 7.19. The summed E-state index contributed by atoms with van der Waals surface area (Å²) in [5, 5.41) is 0. The fraction of sp³-hybridized carbons (Fsp3) is 0.120. The molecule has 1 N–H and O–H groups in total. The van der Waals surface area contributed by atoms with Crippen molar-refractivity contribution in [2.75, 3.05) is 6.61 Å². The van der Waals surface area contributed by atoms with Crippen molar-refractivity contribution >= 4 is 22.5 Å². The Morgan fingerprint density at radius 3 is 2.60 bits per heavy atom. The van der Waals surface area contributed by atoms with Crippen LogP contribution in [0.15, 0.2) is 73.1 Å². The van der Waals surface area contributed by atoms with Gasteiger partial charge in [-0.25, -0.2) is 9.78 Å². The van der Waals surface area contributed by atoms with Crippen molar-refractivity contribution in [3.63, 3.8) is 0 Å². The van der Waals surface area contributed by atoms with Crippen molar-refractivity contribution in [1.82, 2.24) is 14.4 Å². The number of nitrogens with one attached hydrogen (secondary N) is 1. The second-order valence-electron chi connectivity index (χ2n) is 7.24.